The van der Waals surface area contributed by atoms with E-state index in [9.17, 15) is 14.7 Å². The number of aromatic nitrogens is 1. The molecule has 1 fully saturated rings. The van der Waals surface area contributed by atoms with Crippen LogP contribution in [0.5, 0.6) is 5.75 Å². The molecule has 5 N–H and O–H groups in total. The number of aliphatic hydroxyl groups excluding tert-OH is 1. The van der Waals surface area contributed by atoms with Crippen molar-refractivity contribution in [1.29, 1.82) is 0 Å². The van der Waals surface area contributed by atoms with E-state index >= 15 is 0 Å². The number of H-pyrrole nitrogens is 1. The fraction of sp³-hybridized carbons (Fsp3) is 0.524. The Labute approximate surface area is 169 Å². The largest absolute Gasteiger partial charge is 0.490 e. The number of carboxylic acid groups (broad SMARTS) is 2. The van der Waals surface area contributed by atoms with E-state index in [2.05, 4.69) is 10.3 Å². The molecule has 0 radical (unpaired) electrons. The zero-order chi connectivity index (χ0) is 21.1. The molecule has 8 nitrogen and oxygen atoms in total. The summed E-state index contributed by atoms with van der Waals surface area (Å²) in [5, 5.41) is 30.4. The summed E-state index contributed by atoms with van der Waals surface area (Å²) in [6.45, 7) is 0.928. The Hall–Kier alpha value is -2.58. The third-order valence-corrected chi connectivity index (χ3v) is 4.79. The lowest BCUT2D eigenvalue weighted by Crippen LogP contribution is -2.38. The predicted molar refractivity (Wildman–Crippen MR) is 109 cm³/mol. The molecule has 8 heteroatoms. The maximum absolute atomic E-state index is 10.1. The lowest BCUT2D eigenvalue weighted by molar-refractivity contribution is -0.143. The molecule has 1 heterocycles. The molecule has 1 atom stereocenters. The van der Waals surface area contributed by atoms with Crippen molar-refractivity contribution in [3.8, 4) is 5.75 Å². The lowest BCUT2D eigenvalue weighted by atomic mass is 9.95. The number of aliphatic carboxylic acids is 2. The number of aliphatic hydroxyl groups is 1. The van der Waals surface area contributed by atoms with Gasteiger partial charge in [0.2, 0.25) is 0 Å². The molecular weight excluding hydrogens is 376 g/mol. The average molecular weight is 406 g/mol. The summed E-state index contributed by atoms with van der Waals surface area (Å²) in [6.07, 6.45) is 7.26. The molecule has 160 valence electrons. The second-order valence-electron chi connectivity index (χ2n) is 7.19. The van der Waals surface area contributed by atoms with E-state index in [4.69, 9.17) is 14.9 Å². The van der Waals surface area contributed by atoms with E-state index < -0.39 is 18.0 Å². The molecule has 0 saturated heterocycles. The Kier molecular flexibility index (Phi) is 9.46. The first-order valence-electron chi connectivity index (χ1n) is 9.99. The van der Waals surface area contributed by atoms with Crippen molar-refractivity contribution in [2.24, 2.45) is 0 Å². The van der Waals surface area contributed by atoms with E-state index in [0.717, 1.165) is 16.7 Å². The second-order valence-corrected chi connectivity index (χ2v) is 7.19. The number of nitrogens with one attached hydrogen (secondary N) is 2. The van der Waals surface area contributed by atoms with Crippen molar-refractivity contribution in [3.05, 3.63) is 30.5 Å². The maximum Gasteiger partial charge on any atom is 0.303 e. The molecule has 2 aromatic rings. The first kappa shape index (κ1) is 22.7. The van der Waals surface area contributed by atoms with Crippen molar-refractivity contribution in [2.45, 2.75) is 57.1 Å². The molecule has 1 aromatic heterocycles. The molecule has 1 aliphatic carbocycles. The first-order chi connectivity index (χ1) is 14.0. The summed E-state index contributed by atoms with van der Waals surface area (Å²) in [5.74, 6) is -1.33. The topological polar surface area (TPSA) is 132 Å². The van der Waals surface area contributed by atoms with Gasteiger partial charge in [-0.15, -0.1) is 0 Å². The van der Waals surface area contributed by atoms with Gasteiger partial charge < -0.3 is 30.4 Å². The van der Waals surface area contributed by atoms with Crippen LogP contribution in [0.25, 0.3) is 10.9 Å². The number of ether oxygens (including phenoxy) is 1. The molecule has 0 spiro atoms. The van der Waals surface area contributed by atoms with Crippen molar-refractivity contribution in [3.63, 3.8) is 0 Å². The Morgan fingerprint density at radius 1 is 1.10 bits per heavy atom. The first-order valence-corrected chi connectivity index (χ1v) is 9.99. The number of aromatic amines is 1. The van der Waals surface area contributed by atoms with Crippen LogP contribution in [-0.2, 0) is 9.59 Å². The summed E-state index contributed by atoms with van der Waals surface area (Å²) in [5.41, 5.74) is 1.06. The summed E-state index contributed by atoms with van der Waals surface area (Å²) < 4.78 is 5.77. The van der Waals surface area contributed by atoms with E-state index in [1.165, 1.54) is 32.1 Å². The number of carboxylic acids is 2. The molecule has 0 aliphatic heterocycles. The summed E-state index contributed by atoms with van der Waals surface area (Å²) >= 11 is 0. The van der Waals surface area contributed by atoms with Gasteiger partial charge in [-0.3, -0.25) is 9.59 Å². The summed E-state index contributed by atoms with van der Waals surface area (Å²) in [7, 11) is 0. The van der Waals surface area contributed by atoms with Gasteiger partial charge in [0, 0.05) is 29.7 Å². The predicted octanol–water partition coefficient (Wildman–Crippen LogP) is 2.77. The molecular formula is C21H30N2O6. The van der Waals surface area contributed by atoms with Crippen LogP contribution in [0, 0.1) is 0 Å². The van der Waals surface area contributed by atoms with E-state index in [0.29, 0.717) is 19.2 Å². The fourth-order valence-electron chi connectivity index (χ4n) is 3.25. The van der Waals surface area contributed by atoms with Gasteiger partial charge in [-0.2, -0.15) is 0 Å². The van der Waals surface area contributed by atoms with Crippen LogP contribution >= 0.6 is 0 Å². The van der Waals surface area contributed by atoms with Crippen molar-refractivity contribution in [2.75, 3.05) is 13.2 Å². The highest BCUT2D eigenvalue weighted by atomic mass is 16.5. The Bertz CT molecular complexity index is 755. The van der Waals surface area contributed by atoms with E-state index in [-0.39, 0.29) is 12.8 Å². The van der Waals surface area contributed by atoms with Crippen molar-refractivity contribution < 1.29 is 29.6 Å². The SMILES string of the molecule is O=C(O)CCC(=O)O.O[C@@H](CNC1CCCCC1)COc1cccc2[nH]ccc12. The van der Waals surface area contributed by atoms with Gasteiger partial charge in [0.05, 0.1) is 12.8 Å². The normalized spacial score (nSPS) is 15.3. The monoisotopic (exact) mass is 406 g/mol. The standard InChI is InChI=1S/C17H24N2O2.C4H6O4/c20-14(11-19-13-5-2-1-3-6-13)12-21-17-8-4-7-16-15(17)9-10-18-16;5-3(6)1-2-4(7)8/h4,7-10,13-14,18-20H,1-3,5-6,11-12H2;1-2H2,(H,5,6)(H,7,8)/t14-;/m0./s1. The van der Waals surface area contributed by atoms with Gasteiger partial charge in [0.15, 0.2) is 0 Å². The van der Waals surface area contributed by atoms with Gasteiger partial charge >= 0.3 is 11.9 Å². The number of benzene rings is 1. The molecule has 3 rings (SSSR count). The highest BCUT2D eigenvalue weighted by Crippen LogP contribution is 2.24. The average Bonchev–Trinajstić information content (AvgIpc) is 3.20. The highest BCUT2D eigenvalue weighted by Gasteiger charge is 2.15. The van der Waals surface area contributed by atoms with Gasteiger partial charge in [-0.1, -0.05) is 25.3 Å². The van der Waals surface area contributed by atoms with Gasteiger partial charge in [0.25, 0.3) is 0 Å². The molecule has 1 aliphatic rings. The molecule has 29 heavy (non-hydrogen) atoms. The smallest absolute Gasteiger partial charge is 0.303 e. The molecule has 1 aromatic carbocycles. The minimum absolute atomic E-state index is 0.296. The number of fused-ring (bicyclic) bond motifs is 1. The molecule has 0 bridgehead atoms. The minimum atomic E-state index is -1.08. The molecule has 0 unspecified atom stereocenters. The van der Waals surface area contributed by atoms with Crippen molar-refractivity contribution in [1.82, 2.24) is 10.3 Å². The number of carbonyl (C=O) groups is 2. The molecule has 0 amide bonds. The summed E-state index contributed by atoms with van der Waals surface area (Å²) in [6, 6.07) is 8.49. The van der Waals surface area contributed by atoms with Gasteiger partial charge in [-0.25, -0.2) is 0 Å². The highest BCUT2D eigenvalue weighted by molar-refractivity contribution is 5.85. The van der Waals surface area contributed by atoms with Crippen LogP contribution in [0.4, 0.5) is 0 Å². The quantitative estimate of drug-likeness (QED) is 0.432. The zero-order valence-electron chi connectivity index (χ0n) is 16.5. The minimum Gasteiger partial charge on any atom is -0.490 e. The maximum atomic E-state index is 10.1. The van der Waals surface area contributed by atoms with Crippen LogP contribution in [0.3, 0.4) is 0 Å². The van der Waals surface area contributed by atoms with Crippen LogP contribution in [0.2, 0.25) is 0 Å². The Morgan fingerprint density at radius 2 is 1.79 bits per heavy atom. The Morgan fingerprint density at radius 3 is 2.45 bits per heavy atom. The van der Waals surface area contributed by atoms with E-state index in [1.54, 1.807) is 0 Å². The third-order valence-electron chi connectivity index (χ3n) is 4.79. The summed E-state index contributed by atoms with van der Waals surface area (Å²) in [4.78, 5) is 22.4. The van der Waals surface area contributed by atoms with Crippen molar-refractivity contribution >= 4 is 22.8 Å². The second kappa shape index (κ2) is 12.1. The fourth-order valence-corrected chi connectivity index (χ4v) is 3.25. The molecule has 1 saturated carbocycles. The lowest BCUT2D eigenvalue weighted by Gasteiger charge is -2.24. The van der Waals surface area contributed by atoms with Gasteiger partial charge in [-0.05, 0) is 31.0 Å². The van der Waals surface area contributed by atoms with E-state index in [1.807, 2.05) is 30.5 Å². The van der Waals surface area contributed by atoms with Gasteiger partial charge in [0.1, 0.15) is 18.5 Å². The number of rotatable bonds is 9. The number of hydrogen-bond donors (Lipinski definition) is 5. The van der Waals surface area contributed by atoms with Crippen LogP contribution in [0.15, 0.2) is 30.5 Å². The number of hydrogen-bond acceptors (Lipinski definition) is 5. The Balaban J connectivity index is 0.000000321. The zero-order valence-corrected chi connectivity index (χ0v) is 16.5. The van der Waals surface area contributed by atoms with Crippen LogP contribution in [0.1, 0.15) is 44.9 Å². The van der Waals surface area contributed by atoms with Crippen LogP contribution < -0.4 is 10.1 Å². The van der Waals surface area contributed by atoms with Crippen LogP contribution in [-0.4, -0.2) is 57.5 Å². The third kappa shape index (κ3) is 8.53.